The molecule has 1 N–H and O–H groups in total. The van der Waals surface area contributed by atoms with Crippen molar-refractivity contribution >= 4 is 28.3 Å². The lowest BCUT2D eigenvalue weighted by atomic mass is 10.1. The second-order valence-electron chi connectivity index (χ2n) is 5.32. The molecule has 0 spiro atoms. The second kappa shape index (κ2) is 6.89. The molecule has 6 nitrogen and oxygen atoms in total. The van der Waals surface area contributed by atoms with E-state index < -0.39 is 6.04 Å². The minimum atomic E-state index is -0.652. The second-order valence-corrected chi connectivity index (χ2v) is 6.18. The highest BCUT2D eigenvalue weighted by atomic mass is 32.1. The summed E-state index contributed by atoms with van der Waals surface area (Å²) in [7, 11) is 0. The van der Waals surface area contributed by atoms with Crippen LogP contribution in [0.2, 0.25) is 0 Å². The fraction of sp³-hybridized carbons (Fsp3) is 0.312. The Morgan fingerprint density at radius 2 is 2.22 bits per heavy atom. The fourth-order valence-electron chi connectivity index (χ4n) is 2.40. The van der Waals surface area contributed by atoms with Gasteiger partial charge in [-0.2, -0.15) is 0 Å². The van der Waals surface area contributed by atoms with Gasteiger partial charge in [-0.25, -0.2) is 4.98 Å². The van der Waals surface area contributed by atoms with E-state index in [4.69, 9.17) is 4.74 Å². The van der Waals surface area contributed by atoms with E-state index in [0.29, 0.717) is 11.7 Å². The maximum absolute atomic E-state index is 12.5. The third-order valence-corrected chi connectivity index (χ3v) is 4.42. The summed E-state index contributed by atoms with van der Waals surface area (Å²) in [6, 6.07) is 8.95. The number of ether oxygens (including phenoxy) is 1. The molecule has 1 aromatic heterocycles. The Hall–Kier alpha value is -2.25. The topological polar surface area (TPSA) is 71.5 Å². The summed E-state index contributed by atoms with van der Waals surface area (Å²) < 4.78 is 5.26. The predicted octanol–water partition coefficient (Wildman–Crippen LogP) is 1.82. The average molecular weight is 331 g/mol. The van der Waals surface area contributed by atoms with Gasteiger partial charge in [-0.3, -0.25) is 9.59 Å². The summed E-state index contributed by atoms with van der Waals surface area (Å²) in [6.45, 7) is 2.45. The molecule has 1 fully saturated rings. The molecule has 1 atom stereocenters. The van der Waals surface area contributed by atoms with Gasteiger partial charge in [-0.15, -0.1) is 11.3 Å². The lowest BCUT2D eigenvalue weighted by Crippen LogP contribution is -2.54. The molecule has 3 rings (SSSR count). The minimum absolute atomic E-state index is 0.00692. The van der Waals surface area contributed by atoms with Gasteiger partial charge in [0.2, 0.25) is 5.91 Å². The first-order valence-corrected chi connectivity index (χ1v) is 8.15. The van der Waals surface area contributed by atoms with Gasteiger partial charge in [0, 0.05) is 11.9 Å². The zero-order chi connectivity index (χ0) is 16.2. The first-order valence-electron chi connectivity index (χ1n) is 7.27. The van der Waals surface area contributed by atoms with E-state index in [1.165, 1.54) is 11.3 Å². The molecular weight excluding hydrogens is 314 g/mol. The van der Waals surface area contributed by atoms with Crippen LogP contribution in [0.1, 0.15) is 11.3 Å². The molecule has 1 aliphatic rings. The van der Waals surface area contributed by atoms with Crippen molar-refractivity contribution in [3.8, 4) is 0 Å². The number of morpholine rings is 1. The van der Waals surface area contributed by atoms with Gasteiger partial charge >= 0.3 is 0 Å². The number of amides is 2. The van der Waals surface area contributed by atoms with Gasteiger partial charge in [0.1, 0.15) is 12.6 Å². The highest BCUT2D eigenvalue weighted by Crippen LogP contribution is 2.18. The number of carbonyl (C=O) groups excluding carboxylic acids is 2. The number of hydrogen-bond donors (Lipinski definition) is 1. The number of nitrogens with one attached hydrogen (secondary N) is 1. The van der Waals surface area contributed by atoms with E-state index in [-0.39, 0.29) is 25.0 Å². The average Bonchev–Trinajstić information content (AvgIpc) is 2.95. The van der Waals surface area contributed by atoms with Crippen molar-refractivity contribution in [1.29, 1.82) is 0 Å². The van der Waals surface area contributed by atoms with E-state index in [1.807, 2.05) is 42.6 Å². The number of rotatable bonds is 4. The van der Waals surface area contributed by atoms with Crippen LogP contribution in [0.4, 0.5) is 5.13 Å². The van der Waals surface area contributed by atoms with E-state index >= 15 is 0 Å². The van der Waals surface area contributed by atoms with Crippen LogP contribution >= 0.6 is 11.3 Å². The highest BCUT2D eigenvalue weighted by Gasteiger charge is 2.34. The van der Waals surface area contributed by atoms with Crippen LogP contribution in [0, 0.1) is 6.92 Å². The maximum atomic E-state index is 12.5. The van der Waals surface area contributed by atoms with Crippen LogP contribution in [0.25, 0.3) is 0 Å². The Morgan fingerprint density at radius 3 is 2.91 bits per heavy atom. The van der Waals surface area contributed by atoms with Crippen LogP contribution < -0.4 is 5.32 Å². The van der Waals surface area contributed by atoms with Crippen molar-refractivity contribution in [3.05, 3.63) is 47.0 Å². The normalized spacial score (nSPS) is 18.0. The monoisotopic (exact) mass is 331 g/mol. The maximum Gasteiger partial charge on any atom is 0.251 e. The molecule has 1 aromatic carbocycles. The van der Waals surface area contributed by atoms with Crippen molar-refractivity contribution in [2.45, 2.75) is 19.5 Å². The molecule has 0 bridgehead atoms. The van der Waals surface area contributed by atoms with E-state index in [9.17, 15) is 9.59 Å². The Morgan fingerprint density at radius 1 is 1.43 bits per heavy atom. The van der Waals surface area contributed by atoms with Crippen molar-refractivity contribution in [1.82, 2.24) is 9.88 Å². The van der Waals surface area contributed by atoms with Gasteiger partial charge in [0.25, 0.3) is 5.91 Å². The van der Waals surface area contributed by atoms with Gasteiger partial charge < -0.3 is 15.0 Å². The lowest BCUT2D eigenvalue weighted by Gasteiger charge is -2.34. The molecule has 23 heavy (non-hydrogen) atoms. The van der Waals surface area contributed by atoms with Crippen molar-refractivity contribution in [2.24, 2.45) is 0 Å². The van der Waals surface area contributed by atoms with Crippen molar-refractivity contribution in [2.75, 3.05) is 18.5 Å². The molecule has 2 amide bonds. The summed E-state index contributed by atoms with van der Waals surface area (Å²) in [6.07, 6.45) is 0. The molecule has 120 valence electrons. The molecule has 0 unspecified atom stereocenters. The molecule has 0 radical (unpaired) electrons. The van der Waals surface area contributed by atoms with E-state index in [0.717, 1.165) is 11.3 Å². The molecule has 0 aliphatic carbocycles. The minimum Gasteiger partial charge on any atom is -0.369 e. The summed E-state index contributed by atoms with van der Waals surface area (Å²) >= 11 is 1.36. The molecule has 0 saturated carbocycles. The van der Waals surface area contributed by atoms with Crippen LogP contribution in [0.5, 0.6) is 0 Å². The number of benzene rings is 1. The zero-order valence-corrected chi connectivity index (χ0v) is 13.5. The first kappa shape index (κ1) is 15.6. The summed E-state index contributed by atoms with van der Waals surface area (Å²) in [5, 5.41) is 5.16. The van der Waals surface area contributed by atoms with Crippen molar-refractivity contribution < 1.29 is 14.3 Å². The van der Waals surface area contributed by atoms with Gasteiger partial charge in [0.15, 0.2) is 5.13 Å². The molecule has 7 heteroatoms. The van der Waals surface area contributed by atoms with Crippen molar-refractivity contribution in [3.63, 3.8) is 0 Å². The number of aryl methyl sites for hydroxylation is 1. The third-order valence-electron chi connectivity index (χ3n) is 3.55. The van der Waals surface area contributed by atoms with Crippen LogP contribution in [0.15, 0.2) is 35.7 Å². The zero-order valence-electron chi connectivity index (χ0n) is 12.7. The van der Waals surface area contributed by atoms with Crippen LogP contribution in [0.3, 0.4) is 0 Å². The summed E-state index contributed by atoms with van der Waals surface area (Å²) in [4.78, 5) is 30.5. The summed E-state index contributed by atoms with van der Waals surface area (Å²) in [5.41, 5.74) is 1.83. The van der Waals surface area contributed by atoms with Gasteiger partial charge in [-0.1, -0.05) is 30.3 Å². The number of carbonyl (C=O) groups is 2. The quantitative estimate of drug-likeness (QED) is 0.927. The Kier molecular flexibility index (Phi) is 4.68. The number of hydrogen-bond acceptors (Lipinski definition) is 5. The largest absolute Gasteiger partial charge is 0.369 e. The number of thiazole rings is 1. The van der Waals surface area contributed by atoms with E-state index in [2.05, 4.69) is 10.3 Å². The first-order chi connectivity index (χ1) is 11.1. The van der Waals surface area contributed by atoms with Crippen LogP contribution in [-0.2, 0) is 20.9 Å². The fourth-order valence-corrected chi connectivity index (χ4v) is 3.09. The lowest BCUT2D eigenvalue weighted by molar-refractivity contribution is -0.154. The molecular formula is C16H17N3O3S. The SMILES string of the molecule is Cc1csc(NC(=O)[C@@H]2COCC(=O)N2Cc2ccccc2)n1. The highest BCUT2D eigenvalue weighted by molar-refractivity contribution is 7.13. The molecule has 2 aromatic rings. The Labute approximate surface area is 138 Å². The third kappa shape index (κ3) is 3.75. The number of aromatic nitrogens is 1. The number of nitrogens with zero attached hydrogens (tertiary/aromatic N) is 2. The number of anilines is 1. The van der Waals surface area contributed by atoms with Gasteiger partial charge in [-0.05, 0) is 12.5 Å². The molecule has 1 saturated heterocycles. The Bertz CT molecular complexity index is 702. The molecule has 2 heterocycles. The summed E-state index contributed by atoms with van der Waals surface area (Å²) in [5.74, 6) is -0.459. The molecule has 1 aliphatic heterocycles. The van der Waals surface area contributed by atoms with E-state index in [1.54, 1.807) is 4.90 Å². The van der Waals surface area contributed by atoms with Crippen LogP contribution in [-0.4, -0.2) is 41.0 Å². The predicted molar refractivity (Wildman–Crippen MR) is 87.1 cm³/mol. The standard InChI is InChI=1S/C16H17N3O3S/c1-11-10-23-16(17-11)18-15(21)13-8-22-9-14(20)19(13)7-12-5-3-2-4-6-12/h2-6,10,13H,7-9H2,1H3,(H,17,18,21)/t13-/m0/s1. The smallest absolute Gasteiger partial charge is 0.251 e. The Balaban J connectivity index is 1.74. The van der Waals surface area contributed by atoms with Gasteiger partial charge in [0.05, 0.1) is 12.3 Å².